The first-order valence-corrected chi connectivity index (χ1v) is 7.89. The Bertz CT molecular complexity index is 817. The number of nitrogens with zero attached hydrogens (tertiary/aromatic N) is 1. The summed E-state index contributed by atoms with van der Waals surface area (Å²) < 4.78 is 10.6. The standard InChI is InChI=1S/C19H20N2O5/c1-13-7-8-16(14(2)9-13)25-11-18(22)21-20-10-15-5-3-4-6-17(15)26-12-19(23)24/h3-10H,11-12H2,1-2H3,(H,21,22)(H,23,24)/p-1/b20-10+. The smallest absolute Gasteiger partial charge is 0.277 e. The van der Waals surface area contributed by atoms with Crippen molar-refractivity contribution >= 4 is 18.1 Å². The summed E-state index contributed by atoms with van der Waals surface area (Å²) in [4.78, 5) is 22.3. The number of amides is 1. The van der Waals surface area contributed by atoms with Crippen LogP contribution >= 0.6 is 0 Å². The van der Waals surface area contributed by atoms with Crippen LogP contribution < -0.4 is 20.0 Å². The highest BCUT2D eigenvalue weighted by Crippen LogP contribution is 2.18. The Labute approximate surface area is 151 Å². The maximum atomic E-state index is 11.8. The maximum absolute atomic E-state index is 11.8. The minimum Gasteiger partial charge on any atom is -0.546 e. The number of benzene rings is 2. The van der Waals surface area contributed by atoms with Gasteiger partial charge in [-0.05, 0) is 37.6 Å². The number of carbonyl (C=O) groups excluding carboxylic acids is 2. The second-order valence-corrected chi connectivity index (χ2v) is 5.55. The van der Waals surface area contributed by atoms with E-state index in [-0.39, 0.29) is 6.61 Å². The lowest BCUT2D eigenvalue weighted by molar-refractivity contribution is -0.307. The van der Waals surface area contributed by atoms with E-state index in [1.165, 1.54) is 6.21 Å². The molecule has 0 unspecified atom stereocenters. The van der Waals surface area contributed by atoms with E-state index >= 15 is 0 Å². The number of nitrogens with one attached hydrogen (secondary N) is 1. The lowest BCUT2D eigenvalue weighted by atomic mass is 10.1. The minimum absolute atomic E-state index is 0.177. The van der Waals surface area contributed by atoms with E-state index in [9.17, 15) is 14.7 Å². The lowest BCUT2D eigenvalue weighted by Gasteiger charge is -2.09. The van der Waals surface area contributed by atoms with Crippen molar-refractivity contribution in [2.75, 3.05) is 13.2 Å². The van der Waals surface area contributed by atoms with Crippen LogP contribution in [0.2, 0.25) is 0 Å². The molecule has 0 saturated carbocycles. The van der Waals surface area contributed by atoms with Crippen molar-refractivity contribution in [1.82, 2.24) is 5.43 Å². The van der Waals surface area contributed by atoms with Crippen molar-refractivity contribution in [2.45, 2.75) is 13.8 Å². The van der Waals surface area contributed by atoms with Gasteiger partial charge < -0.3 is 19.4 Å². The topological polar surface area (TPSA) is 100 Å². The predicted molar refractivity (Wildman–Crippen MR) is 94.1 cm³/mol. The molecule has 1 amide bonds. The van der Waals surface area contributed by atoms with Gasteiger partial charge in [0.25, 0.3) is 5.91 Å². The second-order valence-electron chi connectivity index (χ2n) is 5.55. The number of carboxylic acids is 1. The molecule has 0 spiro atoms. The molecule has 0 aliphatic heterocycles. The minimum atomic E-state index is -1.33. The van der Waals surface area contributed by atoms with Gasteiger partial charge in [-0.25, -0.2) is 5.43 Å². The van der Waals surface area contributed by atoms with Crippen LogP contribution in [0.15, 0.2) is 47.6 Å². The number of hydrogen-bond donors (Lipinski definition) is 1. The molecule has 2 aromatic carbocycles. The molecule has 0 aromatic heterocycles. The van der Waals surface area contributed by atoms with Crippen LogP contribution in [0.4, 0.5) is 0 Å². The molecule has 0 radical (unpaired) electrons. The third kappa shape index (κ3) is 5.94. The van der Waals surface area contributed by atoms with Crippen LogP contribution in [0.1, 0.15) is 16.7 Å². The van der Waals surface area contributed by atoms with E-state index < -0.39 is 18.5 Å². The second kappa shape index (κ2) is 9.22. The molecule has 26 heavy (non-hydrogen) atoms. The van der Waals surface area contributed by atoms with E-state index in [0.29, 0.717) is 17.1 Å². The van der Waals surface area contributed by atoms with Crippen LogP contribution in [0, 0.1) is 13.8 Å². The Morgan fingerprint density at radius 3 is 2.54 bits per heavy atom. The zero-order valence-corrected chi connectivity index (χ0v) is 14.5. The molecule has 0 aliphatic rings. The molecule has 0 fully saturated rings. The van der Waals surface area contributed by atoms with Gasteiger partial charge in [-0.2, -0.15) is 5.10 Å². The quantitative estimate of drug-likeness (QED) is 0.562. The van der Waals surface area contributed by atoms with E-state index in [1.54, 1.807) is 24.3 Å². The Kier molecular flexibility index (Phi) is 6.73. The largest absolute Gasteiger partial charge is 0.546 e. The molecule has 2 rings (SSSR count). The predicted octanol–water partition coefficient (Wildman–Crippen LogP) is 0.961. The zero-order chi connectivity index (χ0) is 18.9. The van der Waals surface area contributed by atoms with Crippen LogP contribution in [0.25, 0.3) is 0 Å². The van der Waals surface area contributed by atoms with Crippen molar-refractivity contribution in [3.05, 3.63) is 59.2 Å². The highest BCUT2D eigenvalue weighted by Gasteiger charge is 2.05. The molecule has 136 valence electrons. The first kappa shape index (κ1) is 19.0. The van der Waals surface area contributed by atoms with Crippen molar-refractivity contribution < 1.29 is 24.2 Å². The van der Waals surface area contributed by atoms with Crippen molar-refractivity contribution in [1.29, 1.82) is 0 Å². The highest BCUT2D eigenvalue weighted by atomic mass is 16.5. The van der Waals surface area contributed by atoms with Gasteiger partial charge in [0.1, 0.15) is 18.1 Å². The average molecular weight is 355 g/mol. The molecule has 0 saturated heterocycles. The van der Waals surface area contributed by atoms with Gasteiger partial charge >= 0.3 is 0 Å². The molecule has 7 heteroatoms. The molecule has 0 bridgehead atoms. The Balaban J connectivity index is 1.88. The van der Waals surface area contributed by atoms with Gasteiger partial charge in [0, 0.05) is 5.56 Å². The van der Waals surface area contributed by atoms with E-state index in [2.05, 4.69) is 10.5 Å². The normalized spacial score (nSPS) is 10.5. The fourth-order valence-electron chi connectivity index (χ4n) is 2.17. The van der Waals surface area contributed by atoms with Crippen LogP contribution in [0.3, 0.4) is 0 Å². The van der Waals surface area contributed by atoms with Crippen molar-refractivity contribution in [2.24, 2.45) is 5.10 Å². The van der Waals surface area contributed by atoms with E-state index in [4.69, 9.17) is 9.47 Å². The van der Waals surface area contributed by atoms with Crippen molar-refractivity contribution in [3.63, 3.8) is 0 Å². The third-order valence-electron chi connectivity index (χ3n) is 3.35. The summed E-state index contributed by atoms with van der Waals surface area (Å²) in [6, 6.07) is 12.4. The van der Waals surface area contributed by atoms with Crippen LogP contribution in [0.5, 0.6) is 11.5 Å². The van der Waals surface area contributed by atoms with Gasteiger partial charge in [-0.3, -0.25) is 4.79 Å². The number of hydrazone groups is 1. The Morgan fingerprint density at radius 1 is 1.08 bits per heavy atom. The number of rotatable bonds is 8. The number of carboxylic acid groups (broad SMARTS) is 1. The number of aryl methyl sites for hydroxylation is 2. The number of carbonyl (C=O) groups is 2. The highest BCUT2D eigenvalue weighted by molar-refractivity contribution is 5.85. The number of ether oxygens (including phenoxy) is 2. The summed E-state index contributed by atoms with van der Waals surface area (Å²) in [5.74, 6) is -0.792. The summed E-state index contributed by atoms with van der Waals surface area (Å²) >= 11 is 0. The summed E-state index contributed by atoms with van der Waals surface area (Å²) in [7, 11) is 0. The molecular formula is C19H19N2O5-. The monoisotopic (exact) mass is 355 g/mol. The third-order valence-corrected chi connectivity index (χ3v) is 3.35. The summed E-state index contributed by atoms with van der Waals surface area (Å²) in [6.07, 6.45) is 1.36. The van der Waals surface area contributed by atoms with Gasteiger partial charge in [0.2, 0.25) is 0 Å². The van der Waals surface area contributed by atoms with Gasteiger partial charge in [-0.15, -0.1) is 0 Å². The SMILES string of the molecule is Cc1ccc(OCC(=O)N/N=C/c2ccccc2OCC(=O)[O-])c(C)c1. The summed E-state index contributed by atoms with van der Waals surface area (Å²) in [5, 5.41) is 14.3. The van der Waals surface area contributed by atoms with Crippen molar-refractivity contribution in [3.8, 4) is 11.5 Å². The van der Waals surface area contributed by atoms with E-state index in [0.717, 1.165) is 11.1 Å². The van der Waals surface area contributed by atoms with Gasteiger partial charge in [0.15, 0.2) is 6.61 Å². The fraction of sp³-hybridized carbons (Fsp3) is 0.211. The fourth-order valence-corrected chi connectivity index (χ4v) is 2.17. The number of aliphatic carboxylic acids is 1. The summed E-state index contributed by atoms with van der Waals surface area (Å²) in [6.45, 7) is 3.14. The molecular weight excluding hydrogens is 336 g/mol. The molecule has 2 aromatic rings. The van der Waals surface area contributed by atoms with E-state index in [1.807, 2.05) is 32.0 Å². The Morgan fingerprint density at radius 2 is 1.81 bits per heavy atom. The Hall–Kier alpha value is -3.35. The molecule has 0 atom stereocenters. The molecule has 0 aliphatic carbocycles. The first-order valence-electron chi connectivity index (χ1n) is 7.89. The maximum Gasteiger partial charge on any atom is 0.277 e. The van der Waals surface area contributed by atoms with Gasteiger partial charge in [0.05, 0.1) is 12.2 Å². The summed E-state index contributed by atoms with van der Waals surface area (Å²) in [5.41, 5.74) is 4.92. The first-order chi connectivity index (χ1) is 12.5. The average Bonchev–Trinajstić information content (AvgIpc) is 2.60. The molecule has 7 nitrogen and oxygen atoms in total. The lowest BCUT2D eigenvalue weighted by Crippen LogP contribution is -2.29. The molecule has 0 heterocycles. The zero-order valence-electron chi connectivity index (χ0n) is 14.5. The van der Waals surface area contributed by atoms with Gasteiger partial charge in [-0.1, -0.05) is 29.8 Å². The molecule has 1 N–H and O–H groups in total. The van der Waals surface area contributed by atoms with Crippen LogP contribution in [-0.4, -0.2) is 31.3 Å². The number of para-hydroxylation sites is 1. The number of hydrogen-bond acceptors (Lipinski definition) is 6. The van der Waals surface area contributed by atoms with Crippen LogP contribution in [-0.2, 0) is 9.59 Å².